The Morgan fingerprint density at radius 3 is 2.62 bits per heavy atom. The monoisotopic (exact) mass is 376 g/mol. The second-order valence-electron chi connectivity index (χ2n) is 6.05. The molecule has 1 aliphatic rings. The number of amides is 1. The van der Waals surface area contributed by atoms with E-state index in [0.29, 0.717) is 6.01 Å². The van der Waals surface area contributed by atoms with Gasteiger partial charge in [0.1, 0.15) is 11.6 Å². The van der Waals surface area contributed by atoms with Gasteiger partial charge < -0.3 is 14.5 Å². The zero-order chi connectivity index (χ0) is 18.5. The van der Waals surface area contributed by atoms with Crippen molar-refractivity contribution in [1.82, 2.24) is 14.9 Å². The number of hydrogen-bond donors (Lipinski definition) is 0. The molecule has 2 aromatic rings. The van der Waals surface area contributed by atoms with Crippen molar-refractivity contribution in [1.29, 1.82) is 0 Å². The summed E-state index contributed by atoms with van der Waals surface area (Å²) in [5.74, 6) is 0.536. The molecule has 1 aliphatic heterocycles. The van der Waals surface area contributed by atoms with Gasteiger partial charge in [0.2, 0.25) is 0 Å². The van der Waals surface area contributed by atoms with Gasteiger partial charge in [-0.3, -0.25) is 4.79 Å². The molecule has 0 N–H and O–H groups in total. The number of carbonyl (C=O) groups is 1. The molecule has 2 heterocycles. The third-order valence-corrected chi connectivity index (χ3v) is 5.41. The van der Waals surface area contributed by atoms with Gasteiger partial charge in [-0.2, -0.15) is 4.98 Å². The number of hydrogen-bond acceptors (Lipinski definition) is 6. The van der Waals surface area contributed by atoms with Crippen LogP contribution in [0.2, 0.25) is 0 Å². The third-order valence-electron chi connectivity index (χ3n) is 4.44. The minimum absolute atomic E-state index is 0.0289. The summed E-state index contributed by atoms with van der Waals surface area (Å²) in [6.45, 7) is 1.62. The minimum atomic E-state index is -0.302. The van der Waals surface area contributed by atoms with Crippen molar-refractivity contribution in [2.45, 2.75) is 23.8 Å². The molecule has 8 heteroatoms. The van der Waals surface area contributed by atoms with Crippen LogP contribution in [-0.2, 0) is 0 Å². The topological polar surface area (TPSA) is 58.6 Å². The van der Waals surface area contributed by atoms with E-state index < -0.39 is 0 Å². The number of aromatic nitrogens is 2. The van der Waals surface area contributed by atoms with Crippen molar-refractivity contribution in [2.24, 2.45) is 0 Å². The molecule has 0 bridgehead atoms. The molecule has 1 aromatic carbocycles. The number of piperidine rings is 1. The fraction of sp³-hybridized carbons (Fsp3) is 0.389. The number of rotatable bonds is 4. The second kappa shape index (κ2) is 8.35. The highest BCUT2D eigenvalue weighted by molar-refractivity contribution is 8.13. The van der Waals surface area contributed by atoms with Gasteiger partial charge in [-0.15, -0.1) is 0 Å². The predicted molar refractivity (Wildman–Crippen MR) is 99.2 cm³/mol. The van der Waals surface area contributed by atoms with E-state index in [0.717, 1.165) is 48.4 Å². The Bertz CT molecular complexity index is 751. The van der Waals surface area contributed by atoms with Gasteiger partial charge in [0.15, 0.2) is 0 Å². The molecule has 0 radical (unpaired) electrons. The van der Waals surface area contributed by atoms with Gasteiger partial charge in [0, 0.05) is 37.3 Å². The van der Waals surface area contributed by atoms with Crippen LogP contribution in [0.3, 0.4) is 0 Å². The molecule has 1 saturated heterocycles. The maximum Gasteiger partial charge on any atom is 0.318 e. The van der Waals surface area contributed by atoms with Gasteiger partial charge in [0.25, 0.3) is 5.24 Å². The SMILES string of the molecule is COc1nccc(N2CCC(N(C)C(=O)Sc3ccc(F)cc3)CC2)n1. The molecule has 1 amide bonds. The highest BCUT2D eigenvalue weighted by atomic mass is 32.2. The van der Waals surface area contributed by atoms with Crippen LogP contribution >= 0.6 is 11.8 Å². The van der Waals surface area contributed by atoms with Gasteiger partial charge in [-0.25, -0.2) is 9.37 Å². The molecule has 0 spiro atoms. The Hall–Kier alpha value is -2.35. The zero-order valence-electron chi connectivity index (χ0n) is 14.8. The lowest BCUT2D eigenvalue weighted by atomic mass is 10.0. The van der Waals surface area contributed by atoms with E-state index in [1.54, 1.807) is 30.3 Å². The fourth-order valence-electron chi connectivity index (χ4n) is 2.91. The van der Waals surface area contributed by atoms with E-state index in [4.69, 9.17) is 4.74 Å². The summed E-state index contributed by atoms with van der Waals surface area (Å²) >= 11 is 1.13. The van der Waals surface area contributed by atoms with Crippen LogP contribution in [0, 0.1) is 5.82 Å². The first kappa shape index (κ1) is 18.4. The number of nitrogens with zero attached hydrogens (tertiary/aromatic N) is 4. The molecule has 26 heavy (non-hydrogen) atoms. The third kappa shape index (κ3) is 4.43. The van der Waals surface area contributed by atoms with Crippen molar-refractivity contribution in [3.8, 4) is 6.01 Å². The van der Waals surface area contributed by atoms with Gasteiger partial charge in [0.05, 0.1) is 7.11 Å². The van der Waals surface area contributed by atoms with E-state index in [1.807, 2.05) is 13.1 Å². The lowest BCUT2D eigenvalue weighted by Crippen LogP contribution is -2.44. The summed E-state index contributed by atoms with van der Waals surface area (Å²) < 4.78 is 18.0. The van der Waals surface area contributed by atoms with E-state index >= 15 is 0 Å². The molecule has 138 valence electrons. The summed E-state index contributed by atoms with van der Waals surface area (Å²) in [6.07, 6.45) is 3.40. The largest absolute Gasteiger partial charge is 0.467 e. The molecule has 0 saturated carbocycles. The molecule has 1 aromatic heterocycles. The second-order valence-corrected chi connectivity index (χ2v) is 7.08. The van der Waals surface area contributed by atoms with Crippen molar-refractivity contribution in [3.05, 3.63) is 42.3 Å². The predicted octanol–water partition coefficient (Wildman–Crippen LogP) is 3.44. The van der Waals surface area contributed by atoms with E-state index in [1.165, 1.54) is 12.1 Å². The summed E-state index contributed by atoms with van der Waals surface area (Å²) in [5, 5.41) is -0.0289. The van der Waals surface area contributed by atoms with Crippen LogP contribution in [-0.4, -0.2) is 53.4 Å². The number of halogens is 1. The average molecular weight is 376 g/mol. The van der Waals surface area contributed by atoms with Crippen LogP contribution in [0.5, 0.6) is 6.01 Å². The first-order valence-corrected chi connectivity index (χ1v) is 9.20. The first-order chi connectivity index (χ1) is 12.6. The standard InChI is InChI=1S/C18H21FN4O2S/c1-22(18(24)26-15-5-3-13(19)4-6-15)14-8-11-23(12-9-14)16-7-10-20-17(21-16)25-2/h3-7,10,14H,8-9,11-12H2,1-2H3. The molecular weight excluding hydrogens is 355 g/mol. The quantitative estimate of drug-likeness (QED) is 0.762. The summed E-state index contributed by atoms with van der Waals surface area (Å²) in [5.41, 5.74) is 0. The zero-order valence-corrected chi connectivity index (χ0v) is 15.6. The van der Waals surface area contributed by atoms with E-state index in [-0.39, 0.29) is 17.1 Å². The molecule has 6 nitrogen and oxygen atoms in total. The van der Waals surface area contributed by atoms with Crippen LogP contribution in [0.4, 0.5) is 15.0 Å². The molecule has 0 aliphatic carbocycles. The molecule has 0 atom stereocenters. The molecular formula is C18H21FN4O2S. The summed E-state index contributed by atoms with van der Waals surface area (Å²) in [7, 11) is 3.37. The van der Waals surface area contributed by atoms with Crippen LogP contribution in [0.15, 0.2) is 41.4 Å². The summed E-state index contributed by atoms with van der Waals surface area (Å²) in [6, 6.07) is 8.37. The van der Waals surface area contributed by atoms with Crippen molar-refractivity contribution >= 4 is 22.8 Å². The molecule has 3 rings (SSSR count). The normalized spacial score (nSPS) is 15.0. The highest BCUT2D eigenvalue weighted by Gasteiger charge is 2.26. The smallest absolute Gasteiger partial charge is 0.318 e. The number of benzene rings is 1. The van der Waals surface area contributed by atoms with Crippen molar-refractivity contribution in [3.63, 3.8) is 0 Å². The molecule has 0 unspecified atom stereocenters. The lowest BCUT2D eigenvalue weighted by Gasteiger charge is -2.37. The Kier molecular flexibility index (Phi) is 5.92. The number of anilines is 1. The number of carbonyl (C=O) groups excluding carboxylic acids is 1. The van der Waals surface area contributed by atoms with Gasteiger partial charge >= 0.3 is 6.01 Å². The Labute approximate surface area is 156 Å². The van der Waals surface area contributed by atoms with E-state index in [2.05, 4.69) is 14.9 Å². The molecule has 1 fully saturated rings. The number of ether oxygens (including phenoxy) is 1. The summed E-state index contributed by atoms with van der Waals surface area (Å²) in [4.78, 5) is 25.6. The Balaban J connectivity index is 1.55. The maximum absolute atomic E-state index is 13.0. The average Bonchev–Trinajstić information content (AvgIpc) is 2.69. The van der Waals surface area contributed by atoms with Gasteiger partial charge in [-0.1, -0.05) is 0 Å². The maximum atomic E-state index is 13.0. The van der Waals surface area contributed by atoms with Crippen molar-refractivity contribution < 1.29 is 13.9 Å². The minimum Gasteiger partial charge on any atom is -0.467 e. The van der Waals surface area contributed by atoms with E-state index in [9.17, 15) is 9.18 Å². The van der Waals surface area contributed by atoms with Crippen molar-refractivity contribution in [2.75, 3.05) is 32.1 Å². The number of thioether (sulfide) groups is 1. The number of methoxy groups -OCH3 is 1. The van der Waals surface area contributed by atoms with Crippen LogP contribution in [0.25, 0.3) is 0 Å². The van der Waals surface area contributed by atoms with Gasteiger partial charge in [-0.05, 0) is 54.9 Å². The highest BCUT2D eigenvalue weighted by Crippen LogP contribution is 2.26. The Morgan fingerprint density at radius 2 is 1.96 bits per heavy atom. The first-order valence-electron chi connectivity index (χ1n) is 8.39. The fourth-order valence-corrected chi connectivity index (χ4v) is 3.68. The lowest BCUT2D eigenvalue weighted by molar-refractivity contribution is 0.204. The van der Waals surface area contributed by atoms with Crippen LogP contribution in [0.1, 0.15) is 12.8 Å². The Morgan fingerprint density at radius 1 is 1.27 bits per heavy atom. The van der Waals surface area contributed by atoms with Crippen LogP contribution < -0.4 is 9.64 Å².